The van der Waals surface area contributed by atoms with Crippen molar-refractivity contribution in [2.24, 2.45) is 0 Å². The second kappa shape index (κ2) is 9.61. The van der Waals surface area contributed by atoms with E-state index >= 15 is 0 Å². The lowest BCUT2D eigenvalue weighted by molar-refractivity contribution is 0.0827. The van der Waals surface area contributed by atoms with Crippen LogP contribution >= 0.6 is 0 Å². The molecule has 2 rings (SSSR count). The number of hydrogen-bond donors (Lipinski definition) is 1. The molecule has 2 aromatic rings. The molecule has 0 fully saturated rings. The number of carbonyl (C=O) groups excluding carboxylic acids is 2. The van der Waals surface area contributed by atoms with Crippen LogP contribution in [0.2, 0.25) is 0 Å². The minimum absolute atomic E-state index is 0.0718. The molecule has 0 aliphatic carbocycles. The van der Waals surface area contributed by atoms with Gasteiger partial charge in [-0.25, -0.2) is 0 Å². The first kappa shape index (κ1) is 19.5. The minimum Gasteiger partial charge on any atom is -0.494 e. The fourth-order valence-electron chi connectivity index (χ4n) is 2.40. The first-order valence-electron chi connectivity index (χ1n) is 8.87. The van der Waals surface area contributed by atoms with Crippen LogP contribution in [-0.4, -0.2) is 37.4 Å². The number of nitrogens with zero attached hydrogens (tertiary/aromatic N) is 1. The maximum atomic E-state index is 12.3. The number of nitrogens with one attached hydrogen (secondary N) is 1. The summed E-state index contributed by atoms with van der Waals surface area (Å²) in [6.45, 7) is 2.85. The quantitative estimate of drug-likeness (QED) is 0.723. The van der Waals surface area contributed by atoms with Gasteiger partial charge in [0.1, 0.15) is 5.75 Å². The number of unbranched alkanes of at least 4 members (excludes halogenated alkanes) is 2. The Morgan fingerprint density at radius 3 is 2.12 bits per heavy atom. The Labute approximate surface area is 155 Å². The van der Waals surface area contributed by atoms with Gasteiger partial charge in [0.25, 0.3) is 11.8 Å². The van der Waals surface area contributed by atoms with E-state index in [1.54, 1.807) is 62.6 Å². The summed E-state index contributed by atoms with van der Waals surface area (Å²) >= 11 is 0. The van der Waals surface area contributed by atoms with E-state index in [4.69, 9.17) is 4.74 Å². The van der Waals surface area contributed by atoms with Crippen molar-refractivity contribution < 1.29 is 14.3 Å². The fourth-order valence-corrected chi connectivity index (χ4v) is 2.40. The average molecular weight is 354 g/mol. The second-order valence-electron chi connectivity index (χ2n) is 6.31. The standard InChI is InChI=1S/C21H26N2O3/c1-4-5-6-15-26-19-13-9-16(10-14-19)20(24)22-18-11-7-17(8-12-18)21(25)23(2)3/h7-14H,4-6,15H2,1-3H3,(H,22,24). The van der Waals surface area contributed by atoms with Crippen LogP contribution in [0.5, 0.6) is 5.75 Å². The molecule has 0 saturated heterocycles. The monoisotopic (exact) mass is 354 g/mol. The Morgan fingerprint density at radius 1 is 0.923 bits per heavy atom. The molecule has 0 aliphatic rings. The molecule has 26 heavy (non-hydrogen) atoms. The van der Waals surface area contributed by atoms with Crippen LogP contribution in [0, 0.1) is 0 Å². The SMILES string of the molecule is CCCCCOc1ccc(C(=O)Nc2ccc(C(=O)N(C)C)cc2)cc1. The summed E-state index contributed by atoms with van der Waals surface area (Å²) < 4.78 is 5.65. The van der Waals surface area contributed by atoms with Crippen LogP contribution in [0.15, 0.2) is 48.5 Å². The summed E-state index contributed by atoms with van der Waals surface area (Å²) in [5.41, 5.74) is 1.78. The zero-order chi connectivity index (χ0) is 18.9. The molecule has 2 amide bonds. The molecule has 0 aromatic heterocycles. The van der Waals surface area contributed by atoms with Crippen LogP contribution in [-0.2, 0) is 0 Å². The van der Waals surface area contributed by atoms with E-state index in [1.165, 1.54) is 4.90 Å². The Hall–Kier alpha value is -2.82. The first-order valence-corrected chi connectivity index (χ1v) is 8.87. The van der Waals surface area contributed by atoms with Gasteiger partial charge in [-0.2, -0.15) is 0 Å². The Morgan fingerprint density at radius 2 is 1.54 bits per heavy atom. The average Bonchev–Trinajstić information content (AvgIpc) is 2.65. The predicted molar refractivity (Wildman–Crippen MR) is 104 cm³/mol. The molecule has 2 aromatic carbocycles. The molecule has 138 valence electrons. The normalized spacial score (nSPS) is 10.3. The van der Waals surface area contributed by atoms with Gasteiger partial charge < -0.3 is 15.0 Å². The molecule has 0 heterocycles. The zero-order valence-corrected chi connectivity index (χ0v) is 15.6. The number of ether oxygens (including phenoxy) is 1. The van der Waals surface area contributed by atoms with Gasteiger partial charge in [0.15, 0.2) is 0 Å². The topological polar surface area (TPSA) is 58.6 Å². The molecular weight excluding hydrogens is 328 g/mol. The highest BCUT2D eigenvalue weighted by Crippen LogP contribution is 2.16. The van der Waals surface area contributed by atoms with Crippen molar-refractivity contribution >= 4 is 17.5 Å². The van der Waals surface area contributed by atoms with Gasteiger partial charge in [0, 0.05) is 30.9 Å². The number of benzene rings is 2. The molecule has 0 aliphatic heterocycles. The summed E-state index contributed by atoms with van der Waals surface area (Å²) in [6, 6.07) is 13.9. The van der Waals surface area contributed by atoms with E-state index in [-0.39, 0.29) is 11.8 Å². The van der Waals surface area contributed by atoms with Gasteiger partial charge in [-0.05, 0) is 55.0 Å². The van der Waals surface area contributed by atoms with Gasteiger partial charge in [0.2, 0.25) is 0 Å². The zero-order valence-electron chi connectivity index (χ0n) is 15.6. The van der Waals surface area contributed by atoms with Crippen LogP contribution in [0.1, 0.15) is 46.9 Å². The third kappa shape index (κ3) is 5.62. The van der Waals surface area contributed by atoms with Crippen molar-refractivity contribution in [1.29, 1.82) is 0 Å². The molecule has 1 N–H and O–H groups in total. The number of carbonyl (C=O) groups is 2. The molecular formula is C21H26N2O3. The molecule has 0 radical (unpaired) electrons. The molecule has 0 unspecified atom stereocenters. The largest absolute Gasteiger partial charge is 0.494 e. The Bertz CT molecular complexity index is 722. The van der Waals surface area contributed by atoms with Crippen LogP contribution in [0.25, 0.3) is 0 Å². The van der Waals surface area contributed by atoms with Crippen LogP contribution < -0.4 is 10.1 Å². The van der Waals surface area contributed by atoms with E-state index in [1.807, 2.05) is 0 Å². The van der Waals surface area contributed by atoms with E-state index in [9.17, 15) is 9.59 Å². The highest BCUT2D eigenvalue weighted by molar-refractivity contribution is 6.04. The van der Waals surface area contributed by atoms with Crippen LogP contribution in [0.4, 0.5) is 5.69 Å². The van der Waals surface area contributed by atoms with Crippen molar-refractivity contribution in [3.8, 4) is 5.75 Å². The minimum atomic E-state index is -0.200. The van der Waals surface area contributed by atoms with Gasteiger partial charge in [-0.3, -0.25) is 9.59 Å². The lowest BCUT2D eigenvalue weighted by Gasteiger charge is -2.11. The second-order valence-corrected chi connectivity index (χ2v) is 6.31. The Kier molecular flexibility index (Phi) is 7.21. The number of anilines is 1. The highest BCUT2D eigenvalue weighted by Gasteiger charge is 2.09. The van der Waals surface area contributed by atoms with E-state index in [0.29, 0.717) is 23.4 Å². The van der Waals surface area contributed by atoms with E-state index in [2.05, 4.69) is 12.2 Å². The summed E-state index contributed by atoms with van der Waals surface area (Å²) in [5.74, 6) is 0.496. The predicted octanol–water partition coefficient (Wildman–Crippen LogP) is 4.21. The first-order chi connectivity index (χ1) is 12.5. The molecule has 5 heteroatoms. The lowest BCUT2D eigenvalue weighted by atomic mass is 10.1. The highest BCUT2D eigenvalue weighted by atomic mass is 16.5. The van der Waals surface area contributed by atoms with Gasteiger partial charge in [-0.1, -0.05) is 19.8 Å². The third-order valence-corrected chi connectivity index (χ3v) is 3.93. The molecule has 0 atom stereocenters. The van der Waals surface area contributed by atoms with E-state index < -0.39 is 0 Å². The smallest absolute Gasteiger partial charge is 0.255 e. The van der Waals surface area contributed by atoms with Crippen LogP contribution in [0.3, 0.4) is 0 Å². The molecule has 0 saturated carbocycles. The van der Waals surface area contributed by atoms with E-state index in [0.717, 1.165) is 25.0 Å². The van der Waals surface area contributed by atoms with Crippen molar-refractivity contribution in [2.45, 2.75) is 26.2 Å². The van der Waals surface area contributed by atoms with Crippen molar-refractivity contribution in [1.82, 2.24) is 4.90 Å². The maximum Gasteiger partial charge on any atom is 0.255 e. The maximum absolute atomic E-state index is 12.3. The lowest BCUT2D eigenvalue weighted by Crippen LogP contribution is -2.21. The van der Waals surface area contributed by atoms with Crippen molar-refractivity contribution in [3.05, 3.63) is 59.7 Å². The van der Waals surface area contributed by atoms with Gasteiger partial charge in [-0.15, -0.1) is 0 Å². The number of rotatable bonds is 8. The van der Waals surface area contributed by atoms with Gasteiger partial charge >= 0.3 is 0 Å². The third-order valence-electron chi connectivity index (χ3n) is 3.93. The molecule has 0 bridgehead atoms. The number of hydrogen-bond acceptors (Lipinski definition) is 3. The summed E-state index contributed by atoms with van der Waals surface area (Å²) in [7, 11) is 3.41. The van der Waals surface area contributed by atoms with Crippen molar-refractivity contribution in [2.75, 3.05) is 26.0 Å². The summed E-state index contributed by atoms with van der Waals surface area (Å²) in [5, 5.41) is 2.83. The fraction of sp³-hybridized carbons (Fsp3) is 0.333. The summed E-state index contributed by atoms with van der Waals surface area (Å²) in [4.78, 5) is 25.7. The Balaban J connectivity index is 1.92. The summed E-state index contributed by atoms with van der Waals surface area (Å²) in [6.07, 6.45) is 3.34. The van der Waals surface area contributed by atoms with Crippen molar-refractivity contribution in [3.63, 3.8) is 0 Å². The van der Waals surface area contributed by atoms with Gasteiger partial charge in [0.05, 0.1) is 6.61 Å². The molecule has 0 spiro atoms. The molecule has 5 nitrogen and oxygen atoms in total. The number of amides is 2.